The lowest BCUT2D eigenvalue weighted by atomic mass is 9.94. The van der Waals surface area contributed by atoms with E-state index in [4.69, 9.17) is 4.74 Å². The van der Waals surface area contributed by atoms with Gasteiger partial charge in [0.05, 0.1) is 6.10 Å². The van der Waals surface area contributed by atoms with Crippen LogP contribution in [-0.2, 0) is 4.74 Å². The molecule has 0 aromatic rings. The average molecular weight is 169 g/mol. The number of hydrogen-bond acceptors (Lipinski definition) is 2. The summed E-state index contributed by atoms with van der Waals surface area (Å²) in [6, 6.07) is 0. The molecule has 0 aromatic heterocycles. The van der Waals surface area contributed by atoms with E-state index in [-0.39, 0.29) is 5.54 Å². The van der Waals surface area contributed by atoms with E-state index in [1.54, 1.807) is 0 Å². The highest BCUT2D eigenvalue weighted by molar-refractivity contribution is 4.94. The first-order valence-electron chi connectivity index (χ1n) is 5.07. The fourth-order valence-corrected chi connectivity index (χ4v) is 1.77. The molecule has 1 heterocycles. The predicted octanol–water partition coefficient (Wildman–Crippen LogP) is 1.55. The summed E-state index contributed by atoms with van der Waals surface area (Å²) in [6.45, 7) is 6.58. The molecule has 1 N–H and O–H groups in total. The Balaban J connectivity index is 1.82. The van der Waals surface area contributed by atoms with Gasteiger partial charge in [-0.15, -0.1) is 0 Å². The number of hydrogen-bond donors (Lipinski definition) is 1. The molecule has 2 unspecified atom stereocenters. The molecule has 0 spiro atoms. The van der Waals surface area contributed by atoms with E-state index in [2.05, 4.69) is 19.2 Å². The van der Waals surface area contributed by atoms with E-state index in [0.717, 1.165) is 12.5 Å². The molecule has 2 fully saturated rings. The minimum absolute atomic E-state index is 0.253. The molecule has 12 heavy (non-hydrogen) atoms. The van der Waals surface area contributed by atoms with Gasteiger partial charge in [0.15, 0.2) is 0 Å². The van der Waals surface area contributed by atoms with Gasteiger partial charge in [-0.1, -0.05) is 0 Å². The van der Waals surface area contributed by atoms with Crippen LogP contribution >= 0.6 is 0 Å². The first-order valence-corrected chi connectivity index (χ1v) is 5.07. The van der Waals surface area contributed by atoms with Crippen LogP contribution in [0.1, 0.15) is 33.1 Å². The summed E-state index contributed by atoms with van der Waals surface area (Å²) in [5, 5.41) is 3.64. The van der Waals surface area contributed by atoms with Crippen LogP contribution in [0.3, 0.4) is 0 Å². The van der Waals surface area contributed by atoms with Crippen LogP contribution in [0.5, 0.6) is 0 Å². The molecule has 1 aliphatic heterocycles. The lowest BCUT2D eigenvalue weighted by Gasteiger charge is -2.29. The van der Waals surface area contributed by atoms with Gasteiger partial charge < -0.3 is 10.1 Å². The molecule has 2 aliphatic rings. The Morgan fingerprint density at radius 2 is 2.25 bits per heavy atom. The summed E-state index contributed by atoms with van der Waals surface area (Å²) < 4.78 is 5.56. The topological polar surface area (TPSA) is 21.3 Å². The second-order valence-electron chi connectivity index (χ2n) is 4.50. The van der Waals surface area contributed by atoms with E-state index in [0.29, 0.717) is 6.10 Å². The maximum absolute atomic E-state index is 5.56. The van der Waals surface area contributed by atoms with Crippen molar-refractivity contribution in [2.24, 2.45) is 5.92 Å². The maximum Gasteiger partial charge on any atom is 0.0726 e. The van der Waals surface area contributed by atoms with Crippen molar-refractivity contribution >= 4 is 0 Å². The molecule has 0 bridgehead atoms. The van der Waals surface area contributed by atoms with Gasteiger partial charge in [0.25, 0.3) is 0 Å². The Morgan fingerprint density at radius 3 is 2.75 bits per heavy atom. The van der Waals surface area contributed by atoms with Crippen LogP contribution in [0.4, 0.5) is 0 Å². The summed E-state index contributed by atoms with van der Waals surface area (Å²) >= 11 is 0. The minimum atomic E-state index is 0.253. The Morgan fingerprint density at radius 1 is 1.50 bits per heavy atom. The van der Waals surface area contributed by atoms with Gasteiger partial charge >= 0.3 is 0 Å². The molecule has 2 heteroatoms. The van der Waals surface area contributed by atoms with Crippen LogP contribution < -0.4 is 5.32 Å². The smallest absolute Gasteiger partial charge is 0.0726 e. The Hall–Kier alpha value is -0.0800. The first kappa shape index (κ1) is 8.52. The van der Waals surface area contributed by atoms with Crippen molar-refractivity contribution in [1.29, 1.82) is 0 Å². The van der Waals surface area contributed by atoms with Gasteiger partial charge in [-0.3, -0.25) is 0 Å². The van der Waals surface area contributed by atoms with Gasteiger partial charge in [-0.05, 0) is 45.6 Å². The van der Waals surface area contributed by atoms with E-state index in [9.17, 15) is 0 Å². The summed E-state index contributed by atoms with van der Waals surface area (Å²) in [5.41, 5.74) is 0.253. The first-order chi connectivity index (χ1) is 5.71. The molecular formula is C10H19NO. The third kappa shape index (κ3) is 1.64. The molecule has 1 saturated heterocycles. The van der Waals surface area contributed by atoms with Crippen LogP contribution in [0.25, 0.3) is 0 Å². The second kappa shape index (κ2) is 3.00. The lowest BCUT2D eigenvalue weighted by molar-refractivity contribution is 0.0884. The van der Waals surface area contributed by atoms with Gasteiger partial charge in [0, 0.05) is 12.1 Å². The number of ether oxygens (including phenoxy) is 1. The number of rotatable bonds is 3. The molecular weight excluding hydrogens is 150 g/mol. The average Bonchev–Trinajstić information content (AvgIpc) is 2.79. The predicted molar refractivity (Wildman–Crippen MR) is 49.2 cm³/mol. The van der Waals surface area contributed by atoms with Crippen molar-refractivity contribution in [3.63, 3.8) is 0 Å². The van der Waals surface area contributed by atoms with Gasteiger partial charge in [0.1, 0.15) is 0 Å². The summed E-state index contributed by atoms with van der Waals surface area (Å²) in [6.07, 6.45) is 4.41. The van der Waals surface area contributed by atoms with E-state index < -0.39 is 0 Å². The van der Waals surface area contributed by atoms with Crippen molar-refractivity contribution in [2.45, 2.75) is 44.8 Å². The molecule has 0 radical (unpaired) electrons. The fraction of sp³-hybridized carbons (Fsp3) is 1.00. The normalized spacial score (nSPS) is 42.0. The van der Waals surface area contributed by atoms with E-state index in [1.807, 2.05) is 0 Å². The Labute approximate surface area is 74.7 Å². The highest BCUT2D eigenvalue weighted by atomic mass is 16.5. The zero-order valence-electron chi connectivity index (χ0n) is 8.10. The van der Waals surface area contributed by atoms with E-state index in [1.165, 1.54) is 25.8 Å². The van der Waals surface area contributed by atoms with Crippen molar-refractivity contribution in [3.05, 3.63) is 0 Å². The van der Waals surface area contributed by atoms with Gasteiger partial charge in [-0.2, -0.15) is 0 Å². The number of nitrogens with one attached hydrogen (secondary N) is 1. The molecule has 0 amide bonds. The van der Waals surface area contributed by atoms with Crippen molar-refractivity contribution < 1.29 is 4.74 Å². The quantitative estimate of drug-likeness (QED) is 0.692. The van der Waals surface area contributed by atoms with E-state index >= 15 is 0 Å². The third-order valence-corrected chi connectivity index (χ3v) is 3.38. The lowest BCUT2D eigenvalue weighted by Crippen LogP contribution is -2.48. The van der Waals surface area contributed by atoms with Crippen LogP contribution in [0.15, 0.2) is 0 Å². The molecule has 2 nitrogen and oxygen atoms in total. The Kier molecular flexibility index (Phi) is 2.13. The highest BCUT2D eigenvalue weighted by Gasteiger charge is 2.37. The molecule has 70 valence electrons. The standard InChI is InChI=1S/C10H19NO/c1-8-10(2,5-6-12-8)11-7-9-3-4-9/h8-9,11H,3-7H2,1-2H3. The van der Waals surface area contributed by atoms with Crippen LogP contribution in [-0.4, -0.2) is 24.8 Å². The highest BCUT2D eigenvalue weighted by Crippen LogP contribution is 2.31. The van der Waals surface area contributed by atoms with Gasteiger partial charge in [0.2, 0.25) is 0 Å². The maximum atomic E-state index is 5.56. The summed E-state index contributed by atoms with van der Waals surface area (Å²) in [5.74, 6) is 0.967. The summed E-state index contributed by atoms with van der Waals surface area (Å²) in [7, 11) is 0. The molecule has 1 saturated carbocycles. The van der Waals surface area contributed by atoms with Crippen LogP contribution in [0.2, 0.25) is 0 Å². The molecule has 0 aromatic carbocycles. The monoisotopic (exact) mass is 169 g/mol. The largest absolute Gasteiger partial charge is 0.377 e. The minimum Gasteiger partial charge on any atom is -0.377 e. The van der Waals surface area contributed by atoms with Crippen molar-refractivity contribution in [2.75, 3.05) is 13.2 Å². The molecule has 2 atom stereocenters. The molecule has 2 rings (SSSR count). The van der Waals surface area contributed by atoms with Crippen molar-refractivity contribution in [3.8, 4) is 0 Å². The zero-order chi connectivity index (χ0) is 8.60. The Bertz CT molecular complexity index is 167. The second-order valence-corrected chi connectivity index (χ2v) is 4.50. The zero-order valence-corrected chi connectivity index (χ0v) is 8.10. The third-order valence-electron chi connectivity index (χ3n) is 3.38. The fourth-order valence-electron chi connectivity index (χ4n) is 1.77. The molecule has 1 aliphatic carbocycles. The summed E-state index contributed by atoms with van der Waals surface area (Å²) in [4.78, 5) is 0. The van der Waals surface area contributed by atoms with Crippen molar-refractivity contribution in [1.82, 2.24) is 5.32 Å². The van der Waals surface area contributed by atoms with Crippen LogP contribution in [0, 0.1) is 5.92 Å². The van der Waals surface area contributed by atoms with Gasteiger partial charge in [-0.25, -0.2) is 0 Å². The SMILES string of the molecule is CC1OCCC1(C)NCC1CC1.